The van der Waals surface area contributed by atoms with Gasteiger partial charge in [-0.15, -0.1) is 0 Å². The van der Waals surface area contributed by atoms with Crippen LogP contribution in [0.1, 0.15) is 37.7 Å². The van der Waals surface area contributed by atoms with Crippen LogP contribution in [0.25, 0.3) is 0 Å². The van der Waals surface area contributed by atoms with Crippen LogP contribution in [0.2, 0.25) is 0 Å². The third kappa shape index (κ3) is 5.29. The second-order valence-electron chi connectivity index (χ2n) is 9.42. The lowest BCUT2D eigenvalue weighted by Crippen LogP contribution is -2.51. The Morgan fingerprint density at radius 2 is 1.89 bits per heavy atom. The molecule has 180 valence electrons. The van der Waals surface area contributed by atoms with Crippen molar-refractivity contribution in [3.63, 3.8) is 0 Å². The number of urea groups is 1. The number of Topliss-reactive ketones (excluding diaryl/α,β-unsaturated/α-hetero) is 1. The molecule has 0 fully saturated rings. The zero-order valence-electron chi connectivity index (χ0n) is 20.1. The molecule has 4 rings (SSSR count). The number of ketones is 1. The molecule has 1 aliphatic rings. The molecular formula is C26H28N6O3. The number of amides is 3. The van der Waals surface area contributed by atoms with Gasteiger partial charge in [-0.05, 0) is 30.7 Å². The number of carbonyl (C=O) groups excluding carboxylic acids is 3. The van der Waals surface area contributed by atoms with Crippen molar-refractivity contribution in [1.82, 2.24) is 14.9 Å². The van der Waals surface area contributed by atoms with Gasteiger partial charge in [-0.2, -0.15) is 0 Å². The normalized spacial score (nSPS) is 15.4. The lowest BCUT2D eigenvalue weighted by atomic mass is 9.90. The van der Waals surface area contributed by atoms with Gasteiger partial charge in [0.15, 0.2) is 11.6 Å². The molecule has 0 bridgehead atoms. The summed E-state index contributed by atoms with van der Waals surface area (Å²) in [5.41, 5.74) is 2.39. The number of para-hydroxylation sites is 1. The predicted molar refractivity (Wildman–Crippen MR) is 134 cm³/mol. The van der Waals surface area contributed by atoms with Crippen molar-refractivity contribution in [3.05, 3.63) is 77.9 Å². The minimum absolute atomic E-state index is 0.207. The van der Waals surface area contributed by atoms with Crippen LogP contribution in [0.3, 0.4) is 0 Å². The second-order valence-corrected chi connectivity index (χ2v) is 9.42. The lowest BCUT2D eigenvalue weighted by Gasteiger charge is -2.30. The van der Waals surface area contributed by atoms with Crippen LogP contribution < -0.4 is 10.6 Å². The van der Waals surface area contributed by atoms with Crippen molar-refractivity contribution in [2.75, 3.05) is 17.2 Å². The van der Waals surface area contributed by atoms with E-state index in [0.717, 1.165) is 5.56 Å². The Morgan fingerprint density at radius 3 is 2.57 bits per heavy atom. The first-order valence-corrected chi connectivity index (χ1v) is 11.3. The number of anilines is 2. The van der Waals surface area contributed by atoms with E-state index in [1.165, 1.54) is 4.90 Å². The summed E-state index contributed by atoms with van der Waals surface area (Å²) in [7, 11) is 0. The molecule has 0 radical (unpaired) electrons. The maximum atomic E-state index is 13.5. The fraction of sp³-hybridized carbons (Fsp3) is 0.269. The molecule has 9 nitrogen and oxygen atoms in total. The van der Waals surface area contributed by atoms with Gasteiger partial charge in [0, 0.05) is 29.1 Å². The van der Waals surface area contributed by atoms with Gasteiger partial charge >= 0.3 is 6.03 Å². The van der Waals surface area contributed by atoms with Gasteiger partial charge in [-0.3, -0.25) is 14.5 Å². The number of benzodiazepines with no additional fused rings is 1. The molecular weight excluding hydrogens is 444 g/mol. The van der Waals surface area contributed by atoms with Gasteiger partial charge in [-0.25, -0.2) is 14.8 Å². The van der Waals surface area contributed by atoms with Crippen molar-refractivity contribution in [2.24, 2.45) is 10.4 Å². The first-order valence-electron chi connectivity index (χ1n) is 11.3. The molecule has 3 N–H and O–H groups in total. The lowest BCUT2D eigenvalue weighted by molar-refractivity contribution is -0.128. The highest BCUT2D eigenvalue weighted by Crippen LogP contribution is 2.25. The van der Waals surface area contributed by atoms with Crippen LogP contribution in [0, 0.1) is 12.3 Å². The molecule has 2 heterocycles. The molecule has 3 amide bonds. The Hall–Kier alpha value is -4.27. The zero-order valence-corrected chi connectivity index (χ0v) is 20.1. The van der Waals surface area contributed by atoms with E-state index in [-0.39, 0.29) is 12.3 Å². The van der Waals surface area contributed by atoms with Gasteiger partial charge in [0.25, 0.3) is 5.91 Å². The van der Waals surface area contributed by atoms with Crippen LogP contribution in [-0.2, 0) is 9.59 Å². The van der Waals surface area contributed by atoms with E-state index in [2.05, 4.69) is 25.6 Å². The van der Waals surface area contributed by atoms with Crippen LogP contribution in [0.15, 0.2) is 65.9 Å². The third-order valence-electron chi connectivity index (χ3n) is 5.62. The Labute approximate surface area is 203 Å². The maximum Gasteiger partial charge on any atom is 0.324 e. The van der Waals surface area contributed by atoms with Crippen LogP contribution >= 0.6 is 0 Å². The van der Waals surface area contributed by atoms with Crippen molar-refractivity contribution in [3.8, 4) is 0 Å². The van der Waals surface area contributed by atoms with Gasteiger partial charge in [0.05, 0.1) is 12.2 Å². The van der Waals surface area contributed by atoms with E-state index in [4.69, 9.17) is 0 Å². The van der Waals surface area contributed by atoms with Gasteiger partial charge < -0.3 is 15.6 Å². The van der Waals surface area contributed by atoms with E-state index in [1.807, 2.05) is 37.3 Å². The number of nitrogens with one attached hydrogen (secondary N) is 3. The van der Waals surface area contributed by atoms with Gasteiger partial charge in [-0.1, -0.05) is 51.1 Å². The van der Waals surface area contributed by atoms with Crippen molar-refractivity contribution < 1.29 is 14.4 Å². The number of hydrogen-bond acceptors (Lipinski definition) is 5. The highest BCUT2D eigenvalue weighted by Gasteiger charge is 2.37. The quantitative estimate of drug-likeness (QED) is 0.520. The summed E-state index contributed by atoms with van der Waals surface area (Å²) < 4.78 is 0. The van der Waals surface area contributed by atoms with Crippen LogP contribution in [-0.4, -0.2) is 51.0 Å². The molecule has 9 heteroatoms. The summed E-state index contributed by atoms with van der Waals surface area (Å²) in [5, 5.41) is 5.67. The number of aromatic amines is 1. The summed E-state index contributed by atoms with van der Waals surface area (Å²) in [6.07, 6.45) is 1.93. The Kier molecular flexibility index (Phi) is 6.50. The number of aryl methyl sites for hydroxylation is 1. The van der Waals surface area contributed by atoms with Crippen LogP contribution in [0.4, 0.5) is 16.2 Å². The average Bonchev–Trinajstić information content (AvgIpc) is 3.28. The first kappa shape index (κ1) is 23.9. The first-order chi connectivity index (χ1) is 16.6. The maximum absolute atomic E-state index is 13.5. The monoisotopic (exact) mass is 472 g/mol. The standard InChI is InChI=1S/C26H28N6O3/c1-16-8-7-9-17(14-16)29-25(35)32(15-20(33)26(2,3)4)23-24(34)30-19-11-6-5-10-18(19)21(31-23)22-27-12-13-28-22/h5-14,23H,15H2,1-4H3,(H,27,28)(H,29,35)(H,30,34). The van der Waals surface area contributed by atoms with E-state index in [1.54, 1.807) is 51.4 Å². The topological polar surface area (TPSA) is 120 Å². The SMILES string of the molecule is Cc1cccc(NC(=O)N(CC(=O)C(C)(C)C)C2N=C(c3ncc[nH]3)c3ccccc3NC2=O)c1. The minimum Gasteiger partial charge on any atom is -0.343 e. The highest BCUT2D eigenvalue weighted by molar-refractivity contribution is 6.18. The number of imidazole rings is 1. The number of rotatable bonds is 5. The Morgan fingerprint density at radius 1 is 1.11 bits per heavy atom. The predicted octanol–water partition coefficient (Wildman–Crippen LogP) is 3.98. The molecule has 3 aromatic rings. The average molecular weight is 473 g/mol. The summed E-state index contributed by atoms with van der Waals surface area (Å²) in [4.78, 5) is 53.1. The number of aliphatic imine (C=N–C) groups is 1. The number of nitrogens with zero attached hydrogens (tertiary/aromatic N) is 3. The van der Waals surface area contributed by atoms with Crippen molar-refractivity contribution in [1.29, 1.82) is 0 Å². The number of hydrogen-bond donors (Lipinski definition) is 3. The van der Waals surface area contributed by atoms with Crippen molar-refractivity contribution >= 4 is 34.8 Å². The van der Waals surface area contributed by atoms with Crippen molar-refractivity contribution in [2.45, 2.75) is 33.9 Å². The van der Waals surface area contributed by atoms with E-state index >= 15 is 0 Å². The summed E-state index contributed by atoms with van der Waals surface area (Å²) >= 11 is 0. The molecule has 1 unspecified atom stereocenters. The number of aromatic nitrogens is 2. The van der Waals surface area contributed by atoms with E-state index in [0.29, 0.717) is 28.5 Å². The Bertz CT molecular complexity index is 1290. The van der Waals surface area contributed by atoms with Gasteiger partial charge in [0.1, 0.15) is 5.71 Å². The molecule has 1 aliphatic heterocycles. The molecule has 0 aliphatic carbocycles. The Balaban J connectivity index is 1.78. The molecule has 0 spiro atoms. The molecule has 35 heavy (non-hydrogen) atoms. The fourth-order valence-corrected chi connectivity index (χ4v) is 3.62. The second kappa shape index (κ2) is 9.54. The highest BCUT2D eigenvalue weighted by atomic mass is 16.2. The molecule has 1 aromatic heterocycles. The summed E-state index contributed by atoms with van der Waals surface area (Å²) in [5.74, 6) is -0.290. The smallest absolute Gasteiger partial charge is 0.324 e. The largest absolute Gasteiger partial charge is 0.343 e. The zero-order chi connectivity index (χ0) is 25.2. The summed E-state index contributed by atoms with van der Waals surface area (Å²) in [6.45, 7) is 6.92. The van der Waals surface area contributed by atoms with E-state index < -0.39 is 23.5 Å². The fourth-order valence-electron chi connectivity index (χ4n) is 3.62. The number of benzene rings is 2. The molecule has 1 atom stereocenters. The summed E-state index contributed by atoms with van der Waals surface area (Å²) in [6, 6.07) is 13.9. The molecule has 0 saturated carbocycles. The number of fused-ring (bicyclic) bond motifs is 1. The molecule has 2 aromatic carbocycles. The van der Waals surface area contributed by atoms with E-state index in [9.17, 15) is 14.4 Å². The van der Waals surface area contributed by atoms with Gasteiger partial charge in [0.2, 0.25) is 6.17 Å². The van der Waals surface area contributed by atoms with Crippen LogP contribution in [0.5, 0.6) is 0 Å². The number of carbonyl (C=O) groups is 3. The minimum atomic E-state index is -1.31. The number of H-pyrrole nitrogens is 1. The third-order valence-corrected chi connectivity index (χ3v) is 5.62. The molecule has 0 saturated heterocycles.